The lowest BCUT2D eigenvalue weighted by atomic mass is 10.0. The van der Waals surface area contributed by atoms with Crippen molar-refractivity contribution in [2.75, 3.05) is 13.2 Å². The van der Waals surface area contributed by atoms with Crippen LogP contribution in [0.1, 0.15) is 12.5 Å². The van der Waals surface area contributed by atoms with E-state index in [4.69, 9.17) is 9.47 Å². The molecule has 0 amide bonds. The quantitative estimate of drug-likeness (QED) is 0.881. The molecule has 1 aromatic carbocycles. The van der Waals surface area contributed by atoms with Crippen molar-refractivity contribution in [1.82, 2.24) is 4.98 Å². The Morgan fingerprint density at radius 3 is 2.88 bits per heavy atom. The summed E-state index contributed by atoms with van der Waals surface area (Å²) in [5.74, 6) is 0.386. The summed E-state index contributed by atoms with van der Waals surface area (Å²) in [5.41, 5.74) is 2.54. The summed E-state index contributed by atoms with van der Waals surface area (Å²) in [5, 5.41) is 1.30. The Hall–Kier alpha value is -1.32. The van der Waals surface area contributed by atoms with Crippen LogP contribution in [-0.2, 0) is 15.9 Å². The molecule has 1 aliphatic rings. The van der Waals surface area contributed by atoms with Crippen molar-refractivity contribution in [2.45, 2.75) is 19.6 Å². The lowest BCUT2D eigenvalue weighted by molar-refractivity contribution is -0.0779. The van der Waals surface area contributed by atoms with Crippen LogP contribution in [0.2, 0.25) is 0 Å². The minimum Gasteiger partial charge on any atom is -0.361 e. The van der Waals surface area contributed by atoms with Gasteiger partial charge in [-0.2, -0.15) is 0 Å². The average molecular weight is 231 g/mol. The van der Waals surface area contributed by atoms with Gasteiger partial charge in [0.2, 0.25) is 0 Å². The third-order valence-corrected chi connectivity index (χ3v) is 3.33. The van der Waals surface area contributed by atoms with Gasteiger partial charge >= 0.3 is 0 Å². The van der Waals surface area contributed by atoms with Gasteiger partial charge in [-0.1, -0.05) is 25.1 Å². The molecule has 1 unspecified atom stereocenters. The van der Waals surface area contributed by atoms with E-state index < -0.39 is 0 Å². The van der Waals surface area contributed by atoms with Gasteiger partial charge in [0.15, 0.2) is 6.29 Å². The summed E-state index contributed by atoms with van der Waals surface area (Å²) in [4.78, 5) is 3.30. The van der Waals surface area contributed by atoms with Crippen LogP contribution < -0.4 is 0 Å². The predicted octanol–water partition coefficient (Wildman–Crippen LogP) is 2.72. The van der Waals surface area contributed by atoms with Gasteiger partial charge in [0, 0.05) is 23.0 Å². The highest BCUT2D eigenvalue weighted by Crippen LogP contribution is 2.24. The number of para-hydroxylation sites is 1. The monoisotopic (exact) mass is 231 g/mol. The van der Waals surface area contributed by atoms with Crippen molar-refractivity contribution in [2.24, 2.45) is 5.92 Å². The topological polar surface area (TPSA) is 34.2 Å². The number of hydrogen-bond acceptors (Lipinski definition) is 2. The van der Waals surface area contributed by atoms with Crippen molar-refractivity contribution in [3.63, 3.8) is 0 Å². The first-order chi connectivity index (χ1) is 8.34. The Bertz CT molecular complexity index is 500. The van der Waals surface area contributed by atoms with Crippen molar-refractivity contribution in [3.8, 4) is 0 Å². The molecule has 1 aliphatic heterocycles. The van der Waals surface area contributed by atoms with Crippen LogP contribution in [0.15, 0.2) is 30.5 Å². The number of aromatic amines is 1. The maximum atomic E-state index is 5.54. The molecule has 1 aromatic heterocycles. The van der Waals surface area contributed by atoms with Gasteiger partial charge in [-0.3, -0.25) is 0 Å². The number of ether oxygens (including phenoxy) is 2. The van der Waals surface area contributed by atoms with Crippen LogP contribution in [0.5, 0.6) is 0 Å². The molecular formula is C14H17NO2. The predicted molar refractivity (Wildman–Crippen MR) is 66.9 cm³/mol. The fraction of sp³-hybridized carbons (Fsp3) is 0.429. The van der Waals surface area contributed by atoms with Crippen LogP contribution in [0, 0.1) is 5.92 Å². The number of rotatable bonds is 3. The number of H-pyrrole nitrogens is 1. The van der Waals surface area contributed by atoms with Crippen LogP contribution in [0.4, 0.5) is 0 Å². The van der Waals surface area contributed by atoms with E-state index in [0.29, 0.717) is 5.92 Å². The molecule has 90 valence electrons. The second-order valence-corrected chi connectivity index (χ2v) is 4.65. The van der Waals surface area contributed by atoms with Crippen LogP contribution in [0.3, 0.4) is 0 Å². The first kappa shape index (κ1) is 10.8. The molecule has 0 radical (unpaired) electrons. The van der Waals surface area contributed by atoms with Crippen molar-refractivity contribution < 1.29 is 9.47 Å². The number of nitrogens with one attached hydrogen (secondary N) is 1. The SMILES string of the molecule is CC(Cc1c[nH]c2ccccc12)C1OCCO1. The highest BCUT2D eigenvalue weighted by atomic mass is 16.7. The standard InChI is InChI=1S/C14H17NO2/c1-10(14-16-6-7-17-14)8-11-9-15-13-5-3-2-4-12(11)13/h2-5,9-10,14-15H,6-8H2,1H3. The van der Waals surface area contributed by atoms with Gasteiger partial charge in [0.05, 0.1) is 13.2 Å². The maximum absolute atomic E-state index is 5.54. The molecule has 1 atom stereocenters. The zero-order valence-corrected chi connectivity index (χ0v) is 9.98. The van der Waals surface area contributed by atoms with E-state index in [1.165, 1.54) is 16.5 Å². The molecule has 3 nitrogen and oxygen atoms in total. The zero-order valence-electron chi connectivity index (χ0n) is 9.98. The van der Waals surface area contributed by atoms with Crippen molar-refractivity contribution >= 4 is 10.9 Å². The smallest absolute Gasteiger partial charge is 0.160 e. The van der Waals surface area contributed by atoms with E-state index in [0.717, 1.165) is 19.6 Å². The van der Waals surface area contributed by atoms with Crippen molar-refractivity contribution in [3.05, 3.63) is 36.0 Å². The first-order valence-corrected chi connectivity index (χ1v) is 6.13. The fourth-order valence-electron chi connectivity index (χ4n) is 2.45. The number of benzene rings is 1. The van der Waals surface area contributed by atoms with Crippen LogP contribution in [0.25, 0.3) is 10.9 Å². The molecule has 2 aromatic rings. The number of fused-ring (bicyclic) bond motifs is 1. The summed E-state index contributed by atoms with van der Waals surface area (Å²) < 4.78 is 11.1. The molecule has 3 rings (SSSR count). The summed E-state index contributed by atoms with van der Waals surface area (Å²) >= 11 is 0. The molecule has 2 heterocycles. The molecule has 1 fully saturated rings. The Morgan fingerprint density at radius 2 is 2.06 bits per heavy atom. The Kier molecular flexibility index (Phi) is 2.87. The summed E-state index contributed by atoms with van der Waals surface area (Å²) in [6.07, 6.45) is 3.04. The van der Waals surface area contributed by atoms with Crippen LogP contribution >= 0.6 is 0 Å². The highest BCUT2D eigenvalue weighted by molar-refractivity contribution is 5.83. The second-order valence-electron chi connectivity index (χ2n) is 4.65. The van der Waals surface area contributed by atoms with Gasteiger partial charge in [-0.15, -0.1) is 0 Å². The average Bonchev–Trinajstić information content (AvgIpc) is 2.98. The molecule has 17 heavy (non-hydrogen) atoms. The summed E-state index contributed by atoms with van der Waals surface area (Å²) in [6.45, 7) is 3.63. The van der Waals surface area contributed by atoms with E-state index in [2.05, 4.69) is 42.4 Å². The van der Waals surface area contributed by atoms with E-state index in [1.54, 1.807) is 0 Å². The molecule has 3 heteroatoms. The highest BCUT2D eigenvalue weighted by Gasteiger charge is 2.23. The molecular weight excluding hydrogens is 214 g/mol. The van der Waals surface area contributed by atoms with Gasteiger partial charge in [-0.25, -0.2) is 0 Å². The minimum absolute atomic E-state index is 0.0383. The Morgan fingerprint density at radius 1 is 1.29 bits per heavy atom. The largest absolute Gasteiger partial charge is 0.361 e. The van der Waals surface area contributed by atoms with E-state index in [1.807, 2.05) is 0 Å². The van der Waals surface area contributed by atoms with E-state index in [9.17, 15) is 0 Å². The molecule has 0 spiro atoms. The maximum Gasteiger partial charge on any atom is 0.160 e. The molecule has 1 N–H and O–H groups in total. The Balaban J connectivity index is 1.80. The van der Waals surface area contributed by atoms with Gasteiger partial charge in [0.1, 0.15) is 0 Å². The molecule has 0 bridgehead atoms. The molecule has 0 saturated carbocycles. The lowest BCUT2D eigenvalue weighted by Gasteiger charge is -2.17. The zero-order chi connectivity index (χ0) is 11.7. The van der Waals surface area contributed by atoms with Crippen LogP contribution in [-0.4, -0.2) is 24.5 Å². The van der Waals surface area contributed by atoms with Gasteiger partial charge in [0.25, 0.3) is 0 Å². The number of aromatic nitrogens is 1. The number of hydrogen-bond donors (Lipinski definition) is 1. The summed E-state index contributed by atoms with van der Waals surface area (Å²) in [7, 11) is 0. The second kappa shape index (κ2) is 4.51. The third kappa shape index (κ3) is 2.08. The van der Waals surface area contributed by atoms with E-state index >= 15 is 0 Å². The summed E-state index contributed by atoms with van der Waals surface area (Å²) in [6, 6.07) is 8.39. The van der Waals surface area contributed by atoms with Gasteiger partial charge in [-0.05, 0) is 18.1 Å². The first-order valence-electron chi connectivity index (χ1n) is 6.13. The fourth-order valence-corrected chi connectivity index (χ4v) is 2.45. The van der Waals surface area contributed by atoms with Gasteiger partial charge < -0.3 is 14.5 Å². The molecule has 1 saturated heterocycles. The lowest BCUT2D eigenvalue weighted by Crippen LogP contribution is -2.20. The van der Waals surface area contributed by atoms with E-state index in [-0.39, 0.29) is 6.29 Å². The third-order valence-electron chi connectivity index (χ3n) is 3.33. The Labute approximate surface area is 101 Å². The minimum atomic E-state index is -0.0383. The van der Waals surface area contributed by atoms with Crippen molar-refractivity contribution in [1.29, 1.82) is 0 Å². The normalized spacial score (nSPS) is 18.9. The molecule has 0 aliphatic carbocycles.